The summed E-state index contributed by atoms with van der Waals surface area (Å²) in [4.78, 5) is 2.50. The molecule has 1 heterocycles. The van der Waals surface area contributed by atoms with Gasteiger partial charge >= 0.3 is 21.7 Å². The summed E-state index contributed by atoms with van der Waals surface area (Å²) < 4.78 is 0. The molecular weight excluding hydrogens is 428 g/mol. The fourth-order valence-corrected chi connectivity index (χ4v) is 4.53. The molecular formula is C27H44N2SiTi. The maximum Gasteiger partial charge on any atom is 4.00 e. The second-order valence-electron chi connectivity index (χ2n) is 8.46. The summed E-state index contributed by atoms with van der Waals surface area (Å²) in [5.74, 6) is 0. The second kappa shape index (κ2) is 19.0. The van der Waals surface area contributed by atoms with Crippen LogP contribution in [0.25, 0.3) is 16.5 Å². The molecule has 0 aromatic heterocycles. The van der Waals surface area contributed by atoms with Crippen LogP contribution in [-0.4, -0.2) is 30.1 Å². The van der Waals surface area contributed by atoms with Crippen LogP contribution in [0.3, 0.4) is 0 Å². The normalized spacial score (nSPS) is 17.9. The molecule has 170 valence electrons. The molecule has 0 amide bonds. The molecule has 0 spiro atoms. The van der Waals surface area contributed by atoms with Crippen molar-refractivity contribution in [2.24, 2.45) is 0 Å². The van der Waals surface area contributed by atoms with E-state index in [1.54, 1.807) is 0 Å². The Balaban J connectivity index is 0. The topological polar surface area (TPSA) is 27.0 Å². The van der Waals surface area contributed by atoms with Crippen LogP contribution in [0.1, 0.15) is 83.5 Å². The number of nitrogens with zero attached hydrogens (tertiary/aromatic N) is 1. The van der Waals surface area contributed by atoms with E-state index in [-0.39, 0.29) is 53.6 Å². The van der Waals surface area contributed by atoms with Crippen LogP contribution in [0.2, 0.25) is 0 Å². The first-order valence-electron chi connectivity index (χ1n) is 11.4. The Bertz CT molecular complexity index is 639. The third-order valence-corrected chi connectivity index (χ3v) is 6.21. The van der Waals surface area contributed by atoms with E-state index < -0.39 is 0 Å². The van der Waals surface area contributed by atoms with E-state index in [0.29, 0.717) is 0 Å². The SMILES string of the molecule is [CH3-].[CH3-].[NH-]C1CCCCCCCCCCC1.[Si].[Ti+4].c1ccc2c(N3CCCC3)c[cH-]c2c1. The van der Waals surface area contributed by atoms with E-state index in [1.807, 2.05) is 0 Å². The van der Waals surface area contributed by atoms with Crippen molar-refractivity contribution in [1.29, 1.82) is 0 Å². The van der Waals surface area contributed by atoms with Crippen LogP contribution < -0.4 is 4.90 Å². The van der Waals surface area contributed by atoms with Gasteiger partial charge in [0, 0.05) is 24.1 Å². The zero-order valence-electron chi connectivity index (χ0n) is 20.1. The van der Waals surface area contributed by atoms with Gasteiger partial charge in [-0.3, -0.25) is 0 Å². The molecule has 0 atom stereocenters. The van der Waals surface area contributed by atoms with Crippen molar-refractivity contribution in [3.63, 3.8) is 0 Å². The average Bonchev–Trinajstić information content (AvgIpc) is 3.34. The van der Waals surface area contributed by atoms with E-state index in [4.69, 9.17) is 5.73 Å². The number of anilines is 1. The van der Waals surface area contributed by atoms with Crippen molar-refractivity contribution in [3.8, 4) is 0 Å². The number of benzene rings is 1. The third kappa shape index (κ3) is 11.3. The fourth-order valence-electron chi connectivity index (χ4n) is 4.53. The summed E-state index contributed by atoms with van der Waals surface area (Å²) in [6.45, 7) is 2.46. The van der Waals surface area contributed by atoms with Crippen LogP contribution in [0.15, 0.2) is 36.4 Å². The maximum absolute atomic E-state index is 7.80. The van der Waals surface area contributed by atoms with Gasteiger partial charge in [0.25, 0.3) is 0 Å². The van der Waals surface area contributed by atoms with E-state index in [9.17, 15) is 0 Å². The van der Waals surface area contributed by atoms with E-state index in [0.717, 1.165) is 12.8 Å². The second-order valence-corrected chi connectivity index (χ2v) is 8.46. The van der Waals surface area contributed by atoms with E-state index in [1.165, 1.54) is 100 Å². The Hall–Kier alpha value is -0.479. The molecule has 1 aliphatic heterocycles. The Morgan fingerprint density at radius 3 is 1.77 bits per heavy atom. The average molecular weight is 473 g/mol. The van der Waals surface area contributed by atoms with Gasteiger partial charge in [0.2, 0.25) is 0 Å². The van der Waals surface area contributed by atoms with Gasteiger partial charge in [-0.05, 0) is 12.8 Å². The maximum atomic E-state index is 7.80. The Morgan fingerprint density at radius 1 is 0.742 bits per heavy atom. The fraction of sp³-hybridized carbons (Fsp3) is 0.593. The smallest absolute Gasteiger partial charge is 0.675 e. The van der Waals surface area contributed by atoms with Crippen molar-refractivity contribution in [2.45, 2.75) is 89.5 Å². The van der Waals surface area contributed by atoms with E-state index in [2.05, 4.69) is 41.3 Å². The van der Waals surface area contributed by atoms with Gasteiger partial charge in [0.1, 0.15) is 0 Å². The third-order valence-electron chi connectivity index (χ3n) is 6.21. The molecule has 2 aliphatic rings. The standard InChI is InChI=1S/C13H14N.C12H24N.2CH3.Si.Ti/c1-2-6-12-11(5-1)7-8-13(12)14-9-3-4-10-14;13-12-10-8-6-4-2-1-3-5-7-9-11-12;;;;/h1-2,5-8H,3-4,9-10H2;12-13H,1-11H2;2*1H3;;/q4*-1;;+4. The molecule has 2 aromatic rings. The molecule has 2 fully saturated rings. The molecule has 1 saturated heterocycles. The minimum Gasteiger partial charge on any atom is -0.675 e. The molecule has 1 aliphatic carbocycles. The van der Waals surface area contributed by atoms with Crippen LogP contribution in [0.5, 0.6) is 0 Å². The number of fused-ring (bicyclic) bond motifs is 1. The monoisotopic (exact) mass is 472 g/mol. The number of nitrogens with one attached hydrogen (secondary N) is 1. The van der Waals surface area contributed by atoms with Crippen molar-refractivity contribution in [1.82, 2.24) is 0 Å². The molecule has 2 nitrogen and oxygen atoms in total. The van der Waals surface area contributed by atoms with Crippen molar-refractivity contribution in [3.05, 3.63) is 57.0 Å². The molecule has 0 bridgehead atoms. The van der Waals surface area contributed by atoms with Gasteiger partial charge in [-0.1, -0.05) is 82.4 Å². The van der Waals surface area contributed by atoms with Gasteiger partial charge in [-0.25, -0.2) is 0 Å². The van der Waals surface area contributed by atoms with Gasteiger partial charge in [-0.15, -0.1) is 47.1 Å². The number of hydrogen-bond donors (Lipinski definition) is 0. The zero-order valence-corrected chi connectivity index (χ0v) is 22.7. The van der Waals surface area contributed by atoms with Gasteiger partial charge in [0.15, 0.2) is 0 Å². The quantitative estimate of drug-likeness (QED) is 0.302. The van der Waals surface area contributed by atoms with Crippen molar-refractivity contribution in [2.75, 3.05) is 18.0 Å². The molecule has 2 aromatic carbocycles. The summed E-state index contributed by atoms with van der Waals surface area (Å²) in [6, 6.07) is 13.4. The summed E-state index contributed by atoms with van der Waals surface area (Å²) >= 11 is 0. The molecule has 4 radical (unpaired) electrons. The molecule has 4 rings (SSSR count). The predicted molar refractivity (Wildman–Crippen MR) is 138 cm³/mol. The molecule has 4 heteroatoms. The summed E-state index contributed by atoms with van der Waals surface area (Å²) in [5.41, 5.74) is 9.23. The zero-order chi connectivity index (χ0) is 18.7. The molecule has 0 unspecified atom stereocenters. The minimum atomic E-state index is 0. The largest absolute Gasteiger partial charge is 4.00 e. The predicted octanol–water partition coefficient (Wildman–Crippen LogP) is 8.39. The first kappa shape index (κ1) is 32.7. The van der Waals surface area contributed by atoms with Gasteiger partial charge in [0.05, 0.1) is 0 Å². The first-order valence-corrected chi connectivity index (χ1v) is 11.4. The Kier molecular flexibility index (Phi) is 20.1. The first-order chi connectivity index (χ1) is 13.3. The van der Waals surface area contributed by atoms with Crippen molar-refractivity contribution >= 4 is 27.4 Å². The Labute approximate surface area is 213 Å². The van der Waals surface area contributed by atoms with Crippen LogP contribution in [0, 0.1) is 14.9 Å². The van der Waals surface area contributed by atoms with Crippen LogP contribution in [-0.2, 0) is 21.7 Å². The minimum absolute atomic E-state index is 0. The molecule has 31 heavy (non-hydrogen) atoms. The summed E-state index contributed by atoms with van der Waals surface area (Å²) in [7, 11) is 0. The summed E-state index contributed by atoms with van der Waals surface area (Å²) in [6.07, 6.45) is 17.5. The van der Waals surface area contributed by atoms with Gasteiger partial charge in [-0.2, -0.15) is 0 Å². The van der Waals surface area contributed by atoms with Gasteiger partial charge < -0.3 is 25.5 Å². The Morgan fingerprint density at radius 2 is 1.23 bits per heavy atom. The van der Waals surface area contributed by atoms with Crippen molar-refractivity contribution < 1.29 is 21.7 Å². The van der Waals surface area contributed by atoms with Crippen LogP contribution >= 0.6 is 0 Å². The number of rotatable bonds is 1. The summed E-state index contributed by atoms with van der Waals surface area (Å²) in [5, 5.41) is 2.78. The molecule has 1 N–H and O–H groups in total. The number of hydrogen-bond acceptors (Lipinski definition) is 1. The van der Waals surface area contributed by atoms with Crippen LogP contribution in [0.4, 0.5) is 5.69 Å². The van der Waals surface area contributed by atoms with E-state index >= 15 is 0 Å². The molecule has 1 saturated carbocycles.